The Labute approximate surface area is 93.2 Å². The minimum Gasteiger partial charge on any atom is -0.399 e. The Morgan fingerprint density at radius 2 is 2.12 bits per heavy atom. The van der Waals surface area contributed by atoms with Gasteiger partial charge in [-0.1, -0.05) is 6.07 Å². The summed E-state index contributed by atoms with van der Waals surface area (Å²) in [5, 5.41) is 1.99. The number of likely N-dealkylation sites (N-methyl/N-ethyl adjacent to an activating group) is 1. The normalized spacial score (nSPS) is 9.56. The first-order valence-electron chi connectivity index (χ1n) is 4.65. The molecule has 0 saturated carbocycles. The number of nitrogens with zero attached hydrogens (tertiary/aromatic N) is 1. The second kappa shape index (κ2) is 5.01. The Balaban J connectivity index is 2.62. The van der Waals surface area contributed by atoms with Crippen LogP contribution >= 0.6 is 0 Å². The van der Waals surface area contributed by atoms with Crippen LogP contribution < -0.4 is 21.7 Å². The van der Waals surface area contributed by atoms with E-state index in [0.29, 0.717) is 5.69 Å². The minimum atomic E-state index is -0.856. The summed E-state index contributed by atoms with van der Waals surface area (Å²) in [5.74, 6) is -0.461. The van der Waals surface area contributed by atoms with Crippen molar-refractivity contribution in [2.45, 2.75) is 0 Å². The summed E-state index contributed by atoms with van der Waals surface area (Å²) < 4.78 is 0. The summed E-state index contributed by atoms with van der Waals surface area (Å²) in [4.78, 5) is 23.3. The fourth-order valence-electron chi connectivity index (χ4n) is 1.25. The molecule has 1 aromatic rings. The number of nitrogen functional groups attached to an aromatic ring is 1. The van der Waals surface area contributed by atoms with E-state index in [2.05, 4.69) is 0 Å². The zero-order valence-corrected chi connectivity index (χ0v) is 8.93. The van der Waals surface area contributed by atoms with Crippen LogP contribution in [0.25, 0.3) is 0 Å². The van der Waals surface area contributed by atoms with Crippen molar-refractivity contribution in [3.8, 4) is 0 Å². The van der Waals surface area contributed by atoms with Gasteiger partial charge in [0, 0.05) is 18.4 Å². The molecule has 5 N–H and O–H groups in total. The van der Waals surface area contributed by atoms with Crippen LogP contribution in [0, 0.1) is 0 Å². The Morgan fingerprint density at radius 3 is 2.69 bits per heavy atom. The number of imide groups is 1. The average molecular weight is 222 g/mol. The van der Waals surface area contributed by atoms with E-state index in [4.69, 9.17) is 11.5 Å². The van der Waals surface area contributed by atoms with Gasteiger partial charge in [-0.05, 0) is 18.2 Å². The summed E-state index contributed by atoms with van der Waals surface area (Å²) in [5.41, 5.74) is 11.8. The van der Waals surface area contributed by atoms with Crippen molar-refractivity contribution in [2.24, 2.45) is 5.73 Å². The monoisotopic (exact) mass is 222 g/mol. The van der Waals surface area contributed by atoms with Crippen molar-refractivity contribution in [3.05, 3.63) is 24.3 Å². The highest BCUT2D eigenvalue weighted by Gasteiger charge is 2.08. The molecular weight excluding hydrogens is 208 g/mol. The van der Waals surface area contributed by atoms with Gasteiger partial charge in [-0.2, -0.15) is 0 Å². The average Bonchev–Trinajstić information content (AvgIpc) is 2.16. The standard InChI is InChI=1S/C10H14N4O2/c1-14(6-9(15)13-10(12)16)8-4-2-3-7(11)5-8/h2-5H,6,11H2,1H3,(H3,12,13,15,16). The Morgan fingerprint density at radius 1 is 1.44 bits per heavy atom. The van der Waals surface area contributed by atoms with Crippen molar-refractivity contribution in [2.75, 3.05) is 24.2 Å². The number of benzene rings is 1. The number of anilines is 2. The molecule has 0 aliphatic rings. The molecule has 0 bridgehead atoms. The molecule has 0 atom stereocenters. The Bertz CT molecular complexity index is 406. The van der Waals surface area contributed by atoms with Gasteiger partial charge in [0.15, 0.2) is 0 Å². The van der Waals surface area contributed by atoms with Gasteiger partial charge in [-0.15, -0.1) is 0 Å². The van der Waals surface area contributed by atoms with Crippen molar-refractivity contribution >= 4 is 23.3 Å². The molecule has 0 aliphatic carbocycles. The highest BCUT2D eigenvalue weighted by atomic mass is 16.2. The molecule has 0 saturated heterocycles. The van der Waals surface area contributed by atoms with Crippen LogP contribution in [-0.2, 0) is 4.79 Å². The Kier molecular flexibility index (Phi) is 3.71. The van der Waals surface area contributed by atoms with Crippen LogP contribution in [0.2, 0.25) is 0 Å². The van der Waals surface area contributed by atoms with E-state index in [1.807, 2.05) is 11.4 Å². The molecule has 0 heterocycles. The van der Waals surface area contributed by atoms with Gasteiger partial charge in [0.1, 0.15) is 0 Å². The number of nitrogens with two attached hydrogens (primary N) is 2. The summed E-state index contributed by atoms with van der Waals surface area (Å²) >= 11 is 0. The van der Waals surface area contributed by atoms with Gasteiger partial charge >= 0.3 is 6.03 Å². The first kappa shape index (κ1) is 11.8. The first-order chi connectivity index (χ1) is 7.49. The molecule has 1 rings (SSSR count). The van der Waals surface area contributed by atoms with Gasteiger partial charge < -0.3 is 16.4 Å². The van der Waals surface area contributed by atoms with Crippen LogP contribution in [0.3, 0.4) is 0 Å². The summed E-state index contributed by atoms with van der Waals surface area (Å²) in [6, 6.07) is 6.23. The van der Waals surface area contributed by atoms with Gasteiger partial charge in [0.05, 0.1) is 6.54 Å². The van der Waals surface area contributed by atoms with E-state index in [0.717, 1.165) is 5.69 Å². The third-order valence-corrected chi connectivity index (χ3v) is 1.95. The third kappa shape index (κ3) is 3.49. The molecule has 0 aliphatic heterocycles. The molecule has 0 fully saturated rings. The zero-order chi connectivity index (χ0) is 12.1. The van der Waals surface area contributed by atoms with Gasteiger partial charge in [-0.25, -0.2) is 4.79 Å². The van der Waals surface area contributed by atoms with Crippen molar-refractivity contribution in [1.82, 2.24) is 5.32 Å². The predicted octanol–water partition coefficient (Wildman–Crippen LogP) is -0.100. The molecule has 86 valence electrons. The lowest BCUT2D eigenvalue weighted by Gasteiger charge is -2.18. The number of hydrogen-bond acceptors (Lipinski definition) is 4. The lowest BCUT2D eigenvalue weighted by atomic mass is 10.2. The fraction of sp³-hybridized carbons (Fsp3) is 0.200. The van der Waals surface area contributed by atoms with Crippen molar-refractivity contribution in [3.63, 3.8) is 0 Å². The molecule has 0 aromatic heterocycles. The van der Waals surface area contributed by atoms with E-state index in [9.17, 15) is 9.59 Å². The number of primary amides is 1. The number of rotatable bonds is 3. The van der Waals surface area contributed by atoms with E-state index < -0.39 is 11.9 Å². The molecule has 6 heteroatoms. The number of urea groups is 1. The summed E-state index contributed by atoms with van der Waals surface area (Å²) in [6.45, 7) is 0.0341. The van der Waals surface area contributed by atoms with Crippen LogP contribution in [0.1, 0.15) is 0 Å². The molecule has 3 amide bonds. The van der Waals surface area contributed by atoms with Gasteiger partial charge in [0.2, 0.25) is 5.91 Å². The lowest BCUT2D eigenvalue weighted by molar-refractivity contribution is -0.118. The molecule has 6 nitrogen and oxygen atoms in total. The molecule has 0 spiro atoms. The smallest absolute Gasteiger partial charge is 0.318 e. The summed E-state index contributed by atoms with van der Waals surface area (Å²) in [6.07, 6.45) is 0. The maximum atomic E-state index is 11.2. The maximum Gasteiger partial charge on any atom is 0.318 e. The highest BCUT2D eigenvalue weighted by Crippen LogP contribution is 2.15. The predicted molar refractivity (Wildman–Crippen MR) is 61.9 cm³/mol. The maximum absolute atomic E-state index is 11.2. The number of nitrogens with one attached hydrogen (secondary N) is 1. The topological polar surface area (TPSA) is 101 Å². The van der Waals surface area contributed by atoms with E-state index in [1.165, 1.54) is 0 Å². The summed E-state index contributed by atoms with van der Waals surface area (Å²) in [7, 11) is 1.72. The SMILES string of the molecule is CN(CC(=O)NC(N)=O)c1cccc(N)c1. The largest absolute Gasteiger partial charge is 0.399 e. The van der Waals surface area contributed by atoms with Crippen molar-refractivity contribution in [1.29, 1.82) is 0 Å². The molecular formula is C10H14N4O2. The molecule has 1 aromatic carbocycles. The number of carbonyl (C=O) groups excluding carboxylic acids is 2. The zero-order valence-electron chi connectivity index (χ0n) is 8.93. The number of hydrogen-bond donors (Lipinski definition) is 3. The van der Waals surface area contributed by atoms with Crippen molar-refractivity contribution < 1.29 is 9.59 Å². The van der Waals surface area contributed by atoms with E-state index >= 15 is 0 Å². The fourth-order valence-corrected chi connectivity index (χ4v) is 1.25. The number of amides is 3. The second-order valence-corrected chi connectivity index (χ2v) is 3.36. The molecule has 0 unspecified atom stereocenters. The van der Waals surface area contributed by atoms with Crippen LogP contribution in [0.15, 0.2) is 24.3 Å². The lowest BCUT2D eigenvalue weighted by Crippen LogP contribution is -2.41. The van der Waals surface area contributed by atoms with Crippen LogP contribution in [0.4, 0.5) is 16.2 Å². The van der Waals surface area contributed by atoms with E-state index in [-0.39, 0.29) is 6.54 Å². The Hall–Kier alpha value is -2.24. The van der Waals surface area contributed by atoms with Crippen LogP contribution in [0.5, 0.6) is 0 Å². The molecule has 0 radical (unpaired) electrons. The quantitative estimate of drug-likeness (QED) is 0.621. The van der Waals surface area contributed by atoms with Crippen LogP contribution in [-0.4, -0.2) is 25.5 Å². The highest BCUT2D eigenvalue weighted by molar-refractivity contribution is 5.95. The van der Waals surface area contributed by atoms with Gasteiger partial charge in [0.25, 0.3) is 0 Å². The van der Waals surface area contributed by atoms with Gasteiger partial charge in [-0.3, -0.25) is 10.1 Å². The third-order valence-electron chi connectivity index (χ3n) is 1.95. The minimum absolute atomic E-state index is 0.0341. The number of carbonyl (C=O) groups is 2. The van der Waals surface area contributed by atoms with E-state index in [1.54, 1.807) is 30.1 Å². The molecule has 16 heavy (non-hydrogen) atoms. The first-order valence-corrected chi connectivity index (χ1v) is 4.65. The second-order valence-electron chi connectivity index (χ2n) is 3.36.